The molecule has 0 aromatic heterocycles. The zero-order valence-corrected chi connectivity index (χ0v) is 20.5. The molecule has 0 radical (unpaired) electrons. The van der Waals surface area contributed by atoms with Crippen LogP contribution in [-0.2, 0) is 30.5 Å². The Morgan fingerprint density at radius 3 is 2.54 bits per heavy atom. The average molecular weight is 486 g/mol. The molecule has 2 fully saturated rings. The first-order chi connectivity index (χ1) is 16.7. The molecule has 1 aromatic carbocycles. The largest absolute Gasteiger partial charge is 0.451 e. The van der Waals surface area contributed by atoms with Gasteiger partial charge in [0, 0.05) is 12.1 Å². The van der Waals surface area contributed by atoms with Gasteiger partial charge < -0.3 is 25.4 Å². The number of cyclic esters (lactones) is 1. The molecule has 1 saturated heterocycles. The van der Waals surface area contributed by atoms with Crippen LogP contribution in [0, 0.1) is 17.8 Å². The van der Waals surface area contributed by atoms with Crippen LogP contribution in [0.15, 0.2) is 43.0 Å². The van der Waals surface area contributed by atoms with E-state index in [4.69, 9.17) is 9.47 Å². The van der Waals surface area contributed by atoms with E-state index in [1.54, 1.807) is 13.0 Å². The number of benzene rings is 1. The maximum absolute atomic E-state index is 12.5. The standard InChI is InChI=1S/C26H35N3O6/c1-5-15(3)21-22(35-25(21)32)24(31)29-20-13-18(20)12-19(6-2)28-23(30)16(4)27-26(33)34-14-17-10-8-7-9-11-17/h6-11,15-16,18-22H,2,5,12-14H2,1,3-4H3,(H,27,33)(H,28,30)(H,29,31)/t15-,16-,18+,19+,20-,21-,22+/m0/s1. The molecular weight excluding hydrogens is 450 g/mol. The van der Waals surface area contributed by atoms with Crippen molar-refractivity contribution in [1.82, 2.24) is 16.0 Å². The van der Waals surface area contributed by atoms with Crippen LogP contribution in [0.4, 0.5) is 4.79 Å². The normalized spacial score (nSPS) is 25.1. The van der Waals surface area contributed by atoms with Crippen LogP contribution in [0.5, 0.6) is 0 Å². The van der Waals surface area contributed by atoms with Crippen molar-refractivity contribution in [2.45, 2.75) is 70.9 Å². The molecule has 9 heteroatoms. The fraction of sp³-hybridized carbons (Fsp3) is 0.538. The van der Waals surface area contributed by atoms with Crippen LogP contribution >= 0.6 is 0 Å². The highest BCUT2D eigenvalue weighted by molar-refractivity contribution is 5.94. The maximum atomic E-state index is 12.5. The van der Waals surface area contributed by atoms with E-state index in [1.807, 2.05) is 44.2 Å². The molecule has 0 unspecified atom stereocenters. The fourth-order valence-corrected chi connectivity index (χ4v) is 4.13. The Kier molecular flexibility index (Phi) is 8.89. The highest BCUT2D eigenvalue weighted by Crippen LogP contribution is 2.37. The van der Waals surface area contributed by atoms with Crippen molar-refractivity contribution in [3.63, 3.8) is 0 Å². The molecule has 0 spiro atoms. The van der Waals surface area contributed by atoms with Crippen molar-refractivity contribution in [2.75, 3.05) is 0 Å². The van der Waals surface area contributed by atoms with Gasteiger partial charge in [0.25, 0.3) is 5.91 Å². The molecule has 190 valence electrons. The summed E-state index contributed by atoms with van der Waals surface area (Å²) in [5.41, 5.74) is 0.850. The molecule has 1 aromatic rings. The number of hydrogen-bond donors (Lipinski definition) is 3. The summed E-state index contributed by atoms with van der Waals surface area (Å²) in [7, 11) is 0. The molecule has 2 aliphatic rings. The smallest absolute Gasteiger partial charge is 0.408 e. The molecule has 35 heavy (non-hydrogen) atoms. The topological polar surface area (TPSA) is 123 Å². The van der Waals surface area contributed by atoms with Gasteiger partial charge in [0.2, 0.25) is 5.91 Å². The number of ether oxygens (including phenoxy) is 2. The van der Waals surface area contributed by atoms with Gasteiger partial charge in [-0.25, -0.2) is 4.79 Å². The minimum atomic E-state index is -0.791. The molecule has 1 heterocycles. The quantitative estimate of drug-likeness (QED) is 0.309. The summed E-state index contributed by atoms with van der Waals surface area (Å²) in [6, 6.07) is 8.13. The number of carbonyl (C=O) groups excluding carboxylic acids is 4. The van der Waals surface area contributed by atoms with Gasteiger partial charge in [0.1, 0.15) is 18.6 Å². The second kappa shape index (κ2) is 11.9. The molecule has 0 bridgehead atoms. The van der Waals surface area contributed by atoms with Crippen molar-refractivity contribution in [1.29, 1.82) is 0 Å². The molecule has 3 amide bonds. The Morgan fingerprint density at radius 1 is 1.20 bits per heavy atom. The minimum absolute atomic E-state index is 0.0257. The van der Waals surface area contributed by atoms with Crippen LogP contribution in [0.2, 0.25) is 0 Å². The van der Waals surface area contributed by atoms with Crippen LogP contribution in [0.3, 0.4) is 0 Å². The summed E-state index contributed by atoms with van der Waals surface area (Å²) in [6.07, 6.45) is 2.42. The molecule has 3 N–H and O–H groups in total. The summed E-state index contributed by atoms with van der Waals surface area (Å²) in [5, 5.41) is 8.34. The van der Waals surface area contributed by atoms with Crippen molar-refractivity contribution >= 4 is 23.9 Å². The zero-order valence-electron chi connectivity index (χ0n) is 20.5. The Labute approximate surface area is 206 Å². The van der Waals surface area contributed by atoms with Crippen molar-refractivity contribution < 1.29 is 28.7 Å². The first-order valence-electron chi connectivity index (χ1n) is 12.1. The Bertz CT molecular complexity index is 936. The van der Waals surface area contributed by atoms with E-state index in [0.29, 0.717) is 6.42 Å². The monoisotopic (exact) mass is 485 g/mol. The third kappa shape index (κ3) is 7.07. The zero-order chi connectivity index (χ0) is 25.5. The number of esters is 1. The SMILES string of the molecule is C=C[C@H](C[C@@H]1C[C@@H]1NC(=O)[C@@H]1OC(=O)[C@H]1[C@@H](C)CC)NC(=O)[C@H](C)NC(=O)OCc1ccccc1. The van der Waals surface area contributed by atoms with E-state index in [2.05, 4.69) is 22.5 Å². The lowest BCUT2D eigenvalue weighted by molar-refractivity contribution is -0.193. The first kappa shape index (κ1) is 26.2. The summed E-state index contributed by atoms with van der Waals surface area (Å²) in [5.74, 6) is -1.04. The van der Waals surface area contributed by atoms with Gasteiger partial charge in [-0.1, -0.05) is 56.7 Å². The summed E-state index contributed by atoms with van der Waals surface area (Å²) in [4.78, 5) is 48.8. The molecule has 1 saturated carbocycles. The lowest BCUT2D eigenvalue weighted by Gasteiger charge is -2.37. The lowest BCUT2D eigenvalue weighted by Crippen LogP contribution is -2.56. The Morgan fingerprint density at radius 2 is 1.91 bits per heavy atom. The predicted molar refractivity (Wildman–Crippen MR) is 129 cm³/mol. The molecule has 1 aliphatic heterocycles. The predicted octanol–water partition coefficient (Wildman–Crippen LogP) is 2.45. The van der Waals surface area contributed by atoms with Gasteiger partial charge in [0.15, 0.2) is 6.10 Å². The highest BCUT2D eigenvalue weighted by Gasteiger charge is 2.51. The van der Waals surface area contributed by atoms with Gasteiger partial charge in [0.05, 0.1) is 0 Å². The van der Waals surface area contributed by atoms with Gasteiger partial charge in [-0.2, -0.15) is 0 Å². The number of nitrogens with one attached hydrogen (secondary N) is 3. The van der Waals surface area contributed by atoms with E-state index in [0.717, 1.165) is 18.4 Å². The molecule has 1 aliphatic carbocycles. The fourth-order valence-electron chi connectivity index (χ4n) is 4.13. The van der Waals surface area contributed by atoms with Crippen LogP contribution in [0.1, 0.15) is 45.6 Å². The number of alkyl carbamates (subject to hydrolysis) is 1. The van der Waals surface area contributed by atoms with E-state index in [9.17, 15) is 19.2 Å². The first-order valence-corrected chi connectivity index (χ1v) is 12.1. The number of hydrogen-bond acceptors (Lipinski definition) is 6. The number of amides is 3. The Balaban J connectivity index is 1.37. The highest BCUT2D eigenvalue weighted by atomic mass is 16.6. The van der Waals surface area contributed by atoms with E-state index >= 15 is 0 Å². The van der Waals surface area contributed by atoms with Crippen molar-refractivity contribution in [3.05, 3.63) is 48.6 Å². The summed E-state index contributed by atoms with van der Waals surface area (Å²) in [6.45, 7) is 9.41. The number of carbonyl (C=O) groups is 4. The minimum Gasteiger partial charge on any atom is -0.451 e. The third-order valence-corrected chi connectivity index (χ3v) is 6.72. The molecule has 3 rings (SSSR count). The van der Waals surface area contributed by atoms with Crippen LogP contribution in [-0.4, -0.2) is 48.1 Å². The summed E-state index contributed by atoms with van der Waals surface area (Å²) < 4.78 is 10.2. The second-order valence-corrected chi connectivity index (χ2v) is 9.39. The third-order valence-electron chi connectivity index (χ3n) is 6.72. The van der Waals surface area contributed by atoms with Crippen LogP contribution < -0.4 is 16.0 Å². The lowest BCUT2D eigenvalue weighted by atomic mass is 9.83. The van der Waals surface area contributed by atoms with E-state index in [1.165, 1.54) is 0 Å². The summed E-state index contributed by atoms with van der Waals surface area (Å²) >= 11 is 0. The maximum Gasteiger partial charge on any atom is 0.408 e. The van der Waals surface area contributed by atoms with Gasteiger partial charge in [-0.3, -0.25) is 14.4 Å². The average Bonchev–Trinajstić information content (AvgIpc) is 3.57. The Hall–Kier alpha value is -3.36. The van der Waals surface area contributed by atoms with E-state index < -0.39 is 18.2 Å². The van der Waals surface area contributed by atoms with Crippen LogP contribution in [0.25, 0.3) is 0 Å². The van der Waals surface area contributed by atoms with Gasteiger partial charge >= 0.3 is 12.1 Å². The molecular formula is C26H35N3O6. The molecule has 9 nitrogen and oxygen atoms in total. The van der Waals surface area contributed by atoms with Gasteiger partial charge in [-0.05, 0) is 37.2 Å². The second-order valence-electron chi connectivity index (χ2n) is 9.39. The van der Waals surface area contributed by atoms with Crippen molar-refractivity contribution in [2.24, 2.45) is 17.8 Å². The number of rotatable bonds is 12. The molecule has 7 atom stereocenters. The van der Waals surface area contributed by atoms with Gasteiger partial charge in [-0.15, -0.1) is 6.58 Å². The van der Waals surface area contributed by atoms with E-state index in [-0.39, 0.29) is 54.2 Å². The van der Waals surface area contributed by atoms with Crippen molar-refractivity contribution in [3.8, 4) is 0 Å².